The predicted octanol–water partition coefficient (Wildman–Crippen LogP) is 10.1. The summed E-state index contributed by atoms with van der Waals surface area (Å²) in [6, 6.07) is 0. The summed E-state index contributed by atoms with van der Waals surface area (Å²) in [4.78, 5) is 34.7. The number of nitrogens with two attached hydrogens (primary N) is 1. The van der Waals surface area contributed by atoms with Crippen molar-refractivity contribution in [1.29, 1.82) is 0 Å². The maximum absolute atomic E-state index is 12.5. The van der Waals surface area contributed by atoms with Gasteiger partial charge >= 0.3 is 19.8 Å². The molecule has 0 aliphatic carbocycles. The fourth-order valence-corrected chi connectivity index (χ4v) is 5.96. The Morgan fingerprint density at radius 3 is 1.69 bits per heavy atom. The number of carbonyl (C=O) groups excluding carboxylic acids is 2. The average Bonchev–Trinajstić information content (AvgIpc) is 3.13. The van der Waals surface area contributed by atoms with E-state index in [9.17, 15) is 24.2 Å². The van der Waals surface area contributed by atoms with E-state index in [0.717, 1.165) is 57.8 Å². The minimum Gasteiger partial charge on any atom is -0.462 e. The van der Waals surface area contributed by atoms with Crippen LogP contribution in [0.25, 0.3) is 0 Å². The second kappa shape index (κ2) is 37.3. The molecule has 52 heavy (non-hydrogen) atoms. The summed E-state index contributed by atoms with van der Waals surface area (Å²) in [5, 5.41) is 9.55. The van der Waals surface area contributed by atoms with Gasteiger partial charge in [0.25, 0.3) is 0 Å². The van der Waals surface area contributed by atoms with Gasteiger partial charge in [-0.2, -0.15) is 0 Å². The molecule has 0 aliphatic rings. The third kappa shape index (κ3) is 36.3. The largest absolute Gasteiger partial charge is 0.472 e. The molecule has 11 heteroatoms. The zero-order chi connectivity index (χ0) is 38.4. The standard InChI is InChI=1S/C41H74NO9P/c1-3-5-6-7-8-9-10-13-17-20-23-26-29-32-40(44)48-36-39(37-50-52(46,47)49-35-34-42)51-41(45)33-30-27-24-21-18-15-12-11-14-16-19-22-25-28-31-38(43)4-2/h12,14-16,21-22,24-25,38-39,43H,3-11,13,17-20,23,26-37,42H2,1-2H3,(H,46,47)/b15-12-,16-14-,24-21-,25-22-. The summed E-state index contributed by atoms with van der Waals surface area (Å²) in [6.07, 6.45) is 38.0. The molecule has 0 spiro atoms. The molecule has 3 atom stereocenters. The molecule has 0 aliphatic heterocycles. The topological polar surface area (TPSA) is 155 Å². The van der Waals surface area contributed by atoms with Crippen LogP contribution in [0.2, 0.25) is 0 Å². The summed E-state index contributed by atoms with van der Waals surface area (Å²) in [5.41, 5.74) is 5.33. The van der Waals surface area contributed by atoms with Crippen molar-refractivity contribution in [3.63, 3.8) is 0 Å². The Kier molecular flexibility index (Phi) is 35.8. The van der Waals surface area contributed by atoms with Gasteiger partial charge in [0.05, 0.1) is 19.3 Å². The number of ether oxygens (including phenoxy) is 2. The number of rotatable bonds is 37. The predicted molar refractivity (Wildman–Crippen MR) is 212 cm³/mol. The van der Waals surface area contributed by atoms with Gasteiger partial charge in [-0.25, -0.2) is 4.57 Å². The average molecular weight is 756 g/mol. The second-order valence-electron chi connectivity index (χ2n) is 13.3. The Bertz CT molecular complexity index is 1010. The molecule has 4 N–H and O–H groups in total. The minimum atomic E-state index is -4.39. The number of hydrogen-bond acceptors (Lipinski definition) is 9. The molecule has 0 aromatic carbocycles. The van der Waals surface area contributed by atoms with Crippen LogP contribution in [0.3, 0.4) is 0 Å². The molecule has 0 saturated carbocycles. The molecule has 302 valence electrons. The number of aliphatic hydroxyl groups is 1. The van der Waals surface area contributed by atoms with Crippen molar-refractivity contribution in [1.82, 2.24) is 0 Å². The molecule has 10 nitrogen and oxygen atoms in total. The lowest BCUT2D eigenvalue weighted by molar-refractivity contribution is -0.161. The van der Waals surface area contributed by atoms with Gasteiger partial charge in [0.15, 0.2) is 6.10 Å². The highest BCUT2D eigenvalue weighted by atomic mass is 31.2. The van der Waals surface area contributed by atoms with Crippen LogP contribution in [-0.4, -0.2) is 60.5 Å². The van der Waals surface area contributed by atoms with E-state index in [-0.39, 0.29) is 38.7 Å². The lowest BCUT2D eigenvalue weighted by Crippen LogP contribution is -2.29. The van der Waals surface area contributed by atoms with Gasteiger partial charge in [-0.1, -0.05) is 140 Å². The van der Waals surface area contributed by atoms with Gasteiger partial charge in [0, 0.05) is 19.4 Å². The first-order valence-electron chi connectivity index (χ1n) is 20.2. The monoisotopic (exact) mass is 756 g/mol. The van der Waals surface area contributed by atoms with Crippen LogP contribution >= 0.6 is 7.82 Å². The minimum absolute atomic E-state index is 0.0383. The first kappa shape index (κ1) is 49.9. The smallest absolute Gasteiger partial charge is 0.462 e. The molecular formula is C41H74NO9P. The molecule has 0 saturated heterocycles. The highest BCUT2D eigenvalue weighted by Crippen LogP contribution is 2.43. The normalized spacial score (nSPS) is 14.5. The van der Waals surface area contributed by atoms with Crippen molar-refractivity contribution in [3.8, 4) is 0 Å². The van der Waals surface area contributed by atoms with Crippen molar-refractivity contribution >= 4 is 19.8 Å². The summed E-state index contributed by atoms with van der Waals surface area (Å²) in [6.45, 7) is 3.36. The van der Waals surface area contributed by atoms with Gasteiger partial charge in [-0.05, 0) is 57.8 Å². The zero-order valence-corrected chi connectivity index (χ0v) is 33.5. The number of carbonyl (C=O) groups is 2. The highest BCUT2D eigenvalue weighted by molar-refractivity contribution is 7.47. The van der Waals surface area contributed by atoms with E-state index < -0.39 is 32.5 Å². The van der Waals surface area contributed by atoms with Gasteiger partial charge in [0.1, 0.15) is 6.61 Å². The fraction of sp³-hybridized carbons (Fsp3) is 0.756. The molecule has 0 radical (unpaired) electrons. The Balaban J connectivity index is 4.31. The van der Waals surface area contributed by atoms with Gasteiger partial charge in [-0.15, -0.1) is 0 Å². The number of unbranched alkanes of at least 4 members (excludes halogenated alkanes) is 13. The molecule has 3 unspecified atom stereocenters. The number of aliphatic hydroxyl groups excluding tert-OH is 1. The van der Waals surface area contributed by atoms with Crippen molar-refractivity contribution in [2.45, 2.75) is 174 Å². The van der Waals surface area contributed by atoms with Crippen LogP contribution in [0, 0.1) is 0 Å². The van der Waals surface area contributed by atoms with Crippen LogP contribution < -0.4 is 5.73 Å². The number of esters is 2. The lowest BCUT2D eigenvalue weighted by atomic mass is 10.0. The first-order chi connectivity index (χ1) is 25.2. The SMILES string of the molecule is CCCCCCCCCCCCCCCC(=O)OCC(COP(=O)(O)OCCN)OC(=O)CCC/C=C\C/C=C\C/C=C\C/C=C\CCC(O)CC. The van der Waals surface area contributed by atoms with Crippen LogP contribution in [0.4, 0.5) is 0 Å². The van der Waals surface area contributed by atoms with Crippen molar-refractivity contribution in [2.75, 3.05) is 26.4 Å². The van der Waals surface area contributed by atoms with Gasteiger partial charge < -0.3 is 25.2 Å². The van der Waals surface area contributed by atoms with Crippen LogP contribution in [0.15, 0.2) is 48.6 Å². The molecule has 0 aromatic rings. The fourth-order valence-electron chi connectivity index (χ4n) is 5.19. The molecular weight excluding hydrogens is 681 g/mol. The lowest BCUT2D eigenvalue weighted by Gasteiger charge is -2.19. The summed E-state index contributed by atoms with van der Waals surface area (Å²) < 4.78 is 32.6. The third-order valence-corrected chi connectivity index (χ3v) is 9.37. The van der Waals surface area contributed by atoms with E-state index in [0.29, 0.717) is 12.8 Å². The Labute approximate surface area is 316 Å². The van der Waals surface area contributed by atoms with Crippen molar-refractivity contribution in [3.05, 3.63) is 48.6 Å². The maximum atomic E-state index is 12.5. The Morgan fingerprint density at radius 2 is 1.15 bits per heavy atom. The number of hydrogen-bond donors (Lipinski definition) is 3. The van der Waals surface area contributed by atoms with E-state index in [1.54, 1.807) is 0 Å². The number of allylic oxidation sites excluding steroid dienone is 8. The summed E-state index contributed by atoms with van der Waals surface area (Å²) in [5.74, 6) is -0.913. The molecule has 0 rings (SSSR count). The number of phosphoric ester groups is 1. The third-order valence-electron chi connectivity index (χ3n) is 8.38. The maximum Gasteiger partial charge on any atom is 0.472 e. The van der Waals surface area contributed by atoms with Crippen molar-refractivity contribution in [2.24, 2.45) is 5.73 Å². The number of phosphoric acid groups is 1. The first-order valence-corrected chi connectivity index (χ1v) is 21.7. The molecule has 0 amide bonds. The summed E-state index contributed by atoms with van der Waals surface area (Å²) in [7, 11) is -4.39. The summed E-state index contributed by atoms with van der Waals surface area (Å²) >= 11 is 0. The van der Waals surface area contributed by atoms with E-state index in [2.05, 4.69) is 43.4 Å². The quantitative estimate of drug-likeness (QED) is 0.0241. The highest BCUT2D eigenvalue weighted by Gasteiger charge is 2.25. The van der Waals surface area contributed by atoms with E-state index in [1.165, 1.54) is 64.2 Å². The Morgan fingerprint density at radius 1 is 0.654 bits per heavy atom. The van der Waals surface area contributed by atoms with Crippen LogP contribution in [-0.2, 0) is 32.7 Å². The van der Waals surface area contributed by atoms with Crippen LogP contribution in [0.1, 0.15) is 162 Å². The van der Waals surface area contributed by atoms with Crippen LogP contribution in [0.5, 0.6) is 0 Å². The zero-order valence-electron chi connectivity index (χ0n) is 32.6. The van der Waals surface area contributed by atoms with E-state index >= 15 is 0 Å². The van der Waals surface area contributed by atoms with Gasteiger partial charge in [-0.3, -0.25) is 18.6 Å². The Hall–Kier alpha value is -2.07. The van der Waals surface area contributed by atoms with Crippen molar-refractivity contribution < 1.29 is 42.7 Å². The molecule has 0 fully saturated rings. The van der Waals surface area contributed by atoms with E-state index in [1.807, 2.05) is 19.1 Å². The molecule has 0 aromatic heterocycles. The molecule has 0 bridgehead atoms. The second-order valence-corrected chi connectivity index (χ2v) is 14.8. The van der Waals surface area contributed by atoms with Gasteiger partial charge in [0.2, 0.25) is 0 Å². The van der Waals surface area contributed by atoms with E-state index in [4.69, 9.17) is 24.3 Å². The molecule has 0 heterocycles.